The van der Waals surface area contributed by atoms with E-state index in [-0.39, 0.29) is 22.5 Å². The lowest BCUT2D eigenvalue weighted by Crippen LogP contribution is -2.28. The molecule has 1 amide bonds. The van der Waals surface area contributed by atoms with Crippen LogP contribution < -0.4 is 5.32 Å². The van der Waals surface area contributed by atoms with Gasteiger partial charge >= 0.3 is 0 Å². The zero-order valence-electron chi connectivity index (χ0n) is 11.9. The Bertz CT molecular complexity index is 631. The van der Waals surface area contributed by atoms with Gasteiger partial charge in [0.2, 0.25) is 0 Å². The van der Waals surface area contributed by atoms with E-state index in [9.17, 15) is 13.2 Å². The predicted octanol–water partition coefficient (Wildman–Crippen LogP) is 2.84. The molecule has 0 saturated carbocycles. The normalized spacial score (nSPS) is 11.7. The van der Waals surface area contributed by atoms with Crippen LogP contribution in [0.2, 0.25) is 0 Å². The monoisotopic (exact) mass is 397 g/mol. The summed E-state index contributed by atoms with van der Waals surface area (Å²) in [6.07, 6.45) is 0.0865. The molecule has 0 aliphatic heterocycles. The lowest BCUT2D eigenvalue weighted by molar-refractivity contribution is 0.0746. The maximum absolute atomic E-state index is 12.0. The van der Waals surface area contributed by atoms with E-state index in [2.05, 4.69) is 21.2 Å². The van der Waals surface area contributed by atoms with Crippen LogP contribution in [0.5, 0.6) is 0 Å². The fourth-order valence-corrected chi connectivity index (χ4v) is 3.41. The maximum Gasteiger partial charge on any atom is 0.261 e. The lowest BCUT2D eigenvalue weighted by atomic mass is 10.1. The van der Waals surface area contributed by atoms with Crippen molar-refractivity contribution < 1.29 is 17.9 Å². The Labute approximate surface area is 137 Å². The van der Waals surface area contributed by atoms with Crippen molar-refractivity contribution in [1.29, 1.82) is 0 Å². The van der Waals surface area contributed by atoms with E-state index < -0.39 is 9.05 Å². The first-order valence-electron chi connectivity index (χ1n) is 6.27. The number of hydrogen-bond donors (Lipinski definition) is 1. The third-order valence-electron chi connectivity index (χ3n) is 2.66. The van der Waals surface area contributed by atoms with E-state index in [1.165, 1.54) is 6.07 Å². The summed E-state index contributed by atoms with van der Waals surface area (Å²) in [6.45, 7) is 6.13. The van der Waals surface area contributed by atoms with Crippen LogP contribution in [-0.2, 0) is 13.8 Å². The highest BCUT2D eigenvalue weighted by molar-refractivity contribution is 9.10. The van der Waals surface area contributed by atoms with Crippen LogP contribution >= 0.6 is 26.6 Å². The van der Waals surface area contributed by atoms with Gasteiger partial charge in [0.15, 0.2) is 0 Å². The molecule has 0 radical (unpaired) electrons. The highest BCUT2D eigenvalue weighted by Gasteiger charge is 2.19. The molecule has 1 aromatic carbocycles. The first-order chi connectivity index (χ1) is 9.62. The zero-order chi connectivity index (χ0) is 16.2. The number of carbonyl (C=O) groups excluding carboxylic acids is 1. The van der Waals surface area contributed by atoms with Gasteiger partial charge in [-0.3, -0.25) is 4.79 Å². The second-order valence-corrected chi connectivity index (χ2v) is 8.08. The van der Waals surface area contributed by atoms with Crippen LogP contribution in [0.15, 0.2) is 21.5 Å². The summed E-state index contributed by atoms with van der Waals surface area (Å²) in [7, 11) is 1.46. The summed E-state index contributed by atoms with van der Waals surface area (Å²) in [5.74, 6) is -0.385. The molecule has 0 bridgehead atoms. The topological polar surface area (TPSA) is 72.5 Å². The Morgan fingerprint density at radius 2 is 2.05 bits per heavy atom. The number of rotatable bonds is 6. The highest BCUT2D eigenvalue weighted by atomic mass is 79.9. The molecule has 1 N–H and O–H groups in total. The van der Waals surface area contributed by atoms with E-state index in [1.807, 2.05) is 13.8 Å². The number of amides is 1. The lowest BCUT2D eigenvalue weighted by Gasteiger charge is -2.11. The molecule has 1 rings (SSSR count). The molecule has 21 heavy (non-hydrogen) atoms. The van der Waals surface area contributed by atoms with Gasteiger partial charge in [0.1, 0.15) is 0 Å². The van der Waals surface area contributed by atoms with Gasteiger partial charge in [-0.05, 0) is 38.5 Å². The Hall–Kier alpha value is -0.630. The van der Waals surface area contributed by atoms with E-state index in [1.54, 1.807) is 13.0 Å². The van der Waals surface area contributed by atoms with Crippen molar-refractivity contribution in [3.63, 3.8) is 0 Å². The van der Waals surface area contributed by atoms with Crippen molar-refractivity contribution >= 4 is 41.6 Å². The fourth-order valence-electron chi connectivity index (χ4n) is 1.60. The van der Waals surface area contributed by atoms with Gasteiger partial charge in [-0.2, -0.15) is 0 Å². The van der Waals surface area contributed by atoms with Gasteiger partial charge < -0.3 is 10.1 Å². The predicted molar refractivity (Wildman–Crippen MR) is 85.3 cm³/mol. The van der Waals surface area contributed by atoms with Gasteiger partial charge in [-0.15, -0.1) is 0 Å². The van der Waals surface area contributed by atoms with Crippen molar-refractivity contribution in [2.45, 2.75) is 31.8 Å². The summed E-state index contributed by atoms with van der Waals surface area (Å²) < 4.78 is 28.8. The molecule has 0 aromatic heterocycles. The SMILES string of the molecule is Cc1c(Br)cc(C(=O)NCCOC(C)C)cc1S(=O)(=O)Cl. The second kappa shape index (κ2) is 7.58. The summed E-state index contributed by atoms with van der Waals surface area (Å²) in [6, 6.07) is 2.82. The van der Waals surface area contributed by atoms with Crippen molar-refractivity contribution in [3.05, 3.63) is 27.7 Å². The molecule has 0 unspecified atom stereocenters. The number of ether oxygens (including phenoxy) is 1. The van der Waals surface area contributed by atoms with Crippen LogP contribution in [0.4, 0.5) is 0 Å². The molecular weight excluding hydrogens is 382 g/mol. The van der Waals surface area contributed by atoms with Crippen molar-refractivity contribution in [2.24, 2.45) is 0 Å². The Morgan fingerprint density at radius 3 is 2.57 bits per heavy atom. The minimum Gasteiger partial charge on any atom is -0.377 e. The minimum atomic E-state index is -3.91. The maximum atomic E-state index is 12.0. The van der Waals surface area contributed by atoms with E-state index in [0.717, 1.165) is 0 Å². The molecule has 0 fully saturated rings. The smallest absolute Gasteiger partial charge is 0.261 e. The number of nitrogens with one attached hydrogen (secondary N) is 1. The van der Waals surface area contributed by atoms with E-state index in [4.69, 9.17) is 15.4 Å². The summed E-state index contributed by atoms with van der Waals surface area (Å²) in [5, 5.41) is 2.66. The van der Waals surface area contributed by atoms with Crippen LogP contribution in [0.3, 0.4) is 0 Å². The molecule has 0 aliphatic carbocycles. The van der Waals surface area contributed by atoms with Gasteiger partial charge in [0.25, 0.3) is 15.0 Å². The summed E-state index contributed by atoms with van der Waals surface area (Å²) in [5.41, 5.74) is 0.681. The molecule has 8 heteroatoms. The first-order valence-corrected chi connectivity index (χ1v) is 9.37. The molecule has 0 saturated heterocycles. The van der Waals surface area contributed by atoms with Crippen LogP contribution in [0, 0.1) is 6.92 Å². The molecule has 5 nitrogen and oxygen atoms in total. The van der Waals surface area contributed by atoms with Gasteiger partial charge in [0, 0.05) is 27.3 Å². The summed E-state index contributed by atoms with van der Waals surface area (Å²) in [4.78, 5) is 11.9. The molecule has 0 atom stereocenters. The molecule has 118 valence electrons. The number of halogens is 2. The average Bonchev–Trinajstić information content (AvgIpc) is 2.35. The molecule has 0 spiro atoms. The second-order valence-electron chi connectivity index (χ2n) is 4.69. The average molecular weight is 399 g/mol. The Morgan fingerprint density at radius 1 is 1.43 bits per heavy atom. The van der Waals surface area contributed by atoms with E-state index >= 15 is 0 Å². The Balaban J connectivity index is 2.89. The number of hydrogen-bond acceptors (Lipinski definition) is 4. The van der Waals surface area contributed by atoms with Crippen LogP contribution in [0.25, 0.3) is 0 Å². The first kappa shape index (κ1) is 18.4. The van der Waals surface area contributed by atoms with Crippen molar-refractivity contribution in [2.75, 3.05) is 13.2 Å². The van der Waals surface area contributed by atoms with Gasteiger partial charge in [-0.1, -0.05) is 15.9 Å². The number of benzene rings is 1. The fraction of sp³-hybridized carbons (Fsp3) is 0.462. The van der Waals surface area contributed by atoms with Crippen molar-refractivity contribution in [3.8, 4) is 0 Å². The Kier molecular flexibility index (Phi) is 6.65. The molecule has 1 aromatic rings. The largest absolute Gasteiger partial charge is 0.377 e. The zero-order valence-corrected chi connectivity index (χ0v) is 15.1. The molecular formula is C13H17BrClNO4S. The molecule has 0 heterocycles. The standard InChI is InChI=1S/C13H17BrClNO4S/c1-8(2)20-5-4-16-13(17)10-6-11(14)9(3)12(7-10)21(15,18)19/h6-8H,4-5H2,1-3H3,(H,16,17). The number of carbonyl (C=O) groups is 1. The highest BCUT2D eigenvalue weighted by Crippen LogP contribution is 2.28. The third-order valence-corrected chi connectivity index (χ3v) is 4.93. The van der Waals surface area contributed by atoms with Gasteiger partial charge in [0.05, 0.1) is 17.6 Å². The van der Waals surface area contributed by atoms with Crippen molar-refractivity contribution in [1.82, 2.24) is 5.32 Å². The van der Waals surface area contributed by atoms with E-state index in [0.29, 0.717) is 23.2 Å². The molecule has 0 aliphatic rings. The minimum absolute atomic E-state index is 0.0814. The van der Waals surface area contributed by atoms with Gasteiger partial charge in [-0.25, -0.2) is 8.42 Å². The quantitative estimate of drug-likeness (QED) is 0.591. The van der Waals surface area contributed by atoms with Crippen LogP contribution in [-0.4, -0.2) is 33.6 Å². The summed E-state index contributed by atoms with van der Waals surface area (Å²) >= 11 is 3.23. The third kappa shape index (κ3) is 5.58. The van der Waals surface area contributed by atoms with Crippen LogP contribution in [0.1, 0.15) is 29.8 Å².